The molecule has 0 N–H and O–H groups in total. The quantitative estimate of drug-likeness (QED) is 0.820. The Hall–Kier alpha value is -1.89. The highest BCUT2D eigenvalue weighted by molar-refractivity contribution is 7.91. The second kappa shape index (κ2) is 6.37. The second-order valence-electron chi connectivity index (χ2n) is 7.56. The van der Waals surface area contributed by atoms with Crippen LogP contribution in [0, 0.1) is 12.8 Å². The number of sulfone groups is 1. The molecule has 6 nitrogen and oxygen atoms in total. The number of nitrogens with zero attached hydrogens (tertiary/aromatic N) is 3. The Morgan fingerprint density at radius 1 is 1.35 bits per heavy atom. The van der Waals surface area contributed by atoms with Crippen LogP contribution in [0.5, 0.6) is 0 Å². The SMILES string of the molecule is CCN(C(=O)C1CCc2nc3ccc(C)cn3c2C1)C1CCS(=O)(=O)C1. The molecule has 1 saturated heterocycles. The molecule has 4 rings (SSSR count). The van der Waals surface area contributed by atoms with E-state index in [1.165, 1.54) is 0 Å². The molecule has 140 valence electrons. The number of pyridine rings is 1. The monoisotopic (exact) mass is 375 g/mol. The van der Waals surface area contributed by atoms with Gasteiger partial charge in [0.05, 0.1) is 17.2 Å². The minimum atomic E-state index is -3.00. The molecule has 2 atom stereocenters. The number of aromatic nitrogens is 2. The summed E-state index contributed by atoms with van der Waals surface area (Å²) in [5.74, 6) is 0.316. The molecule has 1 aliphatic carbocycles. The molecule has 7 heteroatoms. The van der Waals surface area contributed by atoms with Crippen LogP contribution in [-0.2, 0) is 27.5 Å². The van der Waals surface area contributed by atoms with Crippen molar-refractivity contribution in [2.24, 2.45) is 5.92 Å². The maximum atomic E-state index is 13.2. The lowest BCUT2D eigenvalue weighted by molar-refractivity contribution is -0.137. The number of carbonyl (C=O) groups excluding carboxylic acids is 1. The Kier molecular flexibility index (Phi) is 4.29. The van der Waals surface area contributed by atoms with Crippen molar-refractivity contribution < 1.29 is 13.2 Å². The van der Waals surface area contributed by atoms with E-state index in [1.807, 2.05) is 13.0 Å². The van der Waals surface area contributed by atoms with Crippen LogP contribution in [0.15, 0.2) is 18.3 Å². The fourth-order valence-electron chi connectivity index (χ4n) is 4.37. The molecule has 2 aromatic heterocycles. The summed E-state index contributed by atoms with van der Waals surface area (Å²) >= 11 is 0. The molecule has 1 aliphatic heterocycles. The van der Waals surface area contributed by atoms with Crippen LogP contribution >= 0.6 is 0 Å². The van der Waals surface area contributed by atoms with Crippen molar-refractivity contribution in [3.8, 4) is 0 Å². The van der Waals surface area contributed by atoms with Gasteiger partial charge in [-0.3, -0.25) is 4.79 Å². The molecule has 26 heavy (non-hydrogen) atoms. The summed E-state index contributed by atoms with van der Waals surface area (Å²) in [5, 5.41) is 0. The average molecular weight is 375 g/mol. The van der Waals surface area contributed by atoms with E-state index in [0.29, 0.717) is 19.4 Å². The van der Waals surface area contributed by atoms with Gasteiger partial charge in [-0.05, 0) is 44.7 Å². The van der Waals surface area contributed by atoms with E-state index in [-0.39, 0.29) is 29.4 Å². The highest BCUT2D eigenvalue weighted by atomic mass is 32.2. The first-order valence-corrected chi connectivity index (χ1v) is 11.2. The zero-order valence-electron chi connectivity index (χ0n) is 15.3. The first-order chi connectivity index (χ1) is 12.4. The summed E-state index contributed by atoms with van der Waals surface area (Å²) < 4.78 is 25.7. The normalized spacial score (nSPS) is 24.5. The minimum Gasteiger partial charge on any atom is -0.339 e. The first-order valence-electron chi connectivity index (χ1n) is 9.35. The molecule has 0 spiro atoms. The van der Waals surface area contributed by atoms with E-state index < -0.39 is 9.84 Å². The van der Waals surface area contributed by atoms with Gasteiger partial charge in [0.2, 0.25) is 5.91 Å². The average Bonchev–Trinajstić information content (AvgIpc) is 3.14. The molecule has 0 aromatic carbocycles. The third-order valence-corrected chi connectivity index (χ3v) is 7.49. The number of hydrogen-bond acceptors (Lipinski definition) is 4. The summed E-state index contributed by atoms with van der Waals surface area (Å²) in [6.07, 6.45) is 4.90. The van der Waals surface area contributed by atoms with Gasteiger partial charge < -0.3 is 9.30 Å². The van der Waals surface area contributed by atoms with Gasteiger partial charge in [-0.2, -0.15) is 0 Å². The van der Waals surface area contributed by atoms with Crippen molar-refractivity contribution in [2.45, 2.75) is 45.6 Å². The smallest absolute Gasteiger partial charge is 0.226 e. The van der Waals surface area contributed by atoms with Crippen LogP contribution < -0.4 is 0 Å². The number of hydrogen-bond donors (Lipinski definition) is 0. The third kappa shape index (κ3) is 3.02. The van der Waals surface area contributed by atoms with Crippen LogP contribution in [0.3, 0.4) is 0 Å². The first kappa shape index (κ1) is 17.5. The van der Waals surface area contributed by atoms with Crippen molar-refractivity contribution in [1.82, 2.24) is 14.3 Å². The number of aryl methyl sites for hydroxylation is 2. The Balaban J connectivity index is 1.58. The van der Waals surface area contributed by atoms with Crippen LogP contribution in [0.2, 0.25) is 0 Å². The van der Waals surface area contributed by atoms with Crippen molar-refractivity contribution >= 4 is 21.4 Å². The zero-order chi connectivity index (χ0) is 18.5. The van der Waals surface area contributed by atoms with E-state index >= 15 is 0 Å². The van der Waals surface area contributed by atoms with Gasteiger partial charge >= 0.3 is 0 Å². The summed E-state index contributed by atoms with van der Waals surface area (Å²) in [5.41, 5.74) is 4.31. The van der Waals surface area contributed by atoms with Gasteiger partial charge in [-0.25, -0.2) is 13.4 Å². The number of fused-ring (bicyclic) bond motifs is 3. The Bertz CT molecular complexity index is 964. The zero-order valence-corrected chi connectivity index (χ0v) is 16.1. The van der Waals surface area contributed by atoms with Gasteiger partial charge in [0.15, 0.2) is 9.84 Å². The Morgan fingerprint density at radius 2 is 2.15 bits per heavy atom. The number of carbonyl (C=O) groups is 1. The topological polar surface area (TPSA) is 71.8 Å². The minimum absolute atomic E-state index is 0.0915. The molecule has 2 unspecified atom stereocenters. The van der Waals surface area contributed by atoms with Crippen LogP contribution in [0.25, 0.3) is 5.65 Å². The fourth-order valence-corrected chi connectivity index (χ4v) is 6.10. The van der Waals surface area contributed by atoms with Gasteiger partial charge in [-0.15, -0.1) is 0 Å². The predicted octanol–water partition coefficient (Wildman–Crippen LogP) is 1.78. The van der Waals surface area contributed by atoms with Crippen molar-refractivity contribution in [3.05, 3.63) is 35.3 Å². The van der Waals surface area contributed by atoms with Gasteiger partial charge in [0.1, 0.15) is 5.65 Å². The highest BCUT2D eigenvalue weighted by Crippen LogP contribution is 2.29. The van der Waals surface area contributed by atoms with Crippen LogP contribution in [-0.4, -0.2) is 52.7 Å². The maximum absolute atomic E-state index is 13.2. The van der Waals surface area contributed by atoms with Crippen LogP contribution in [0.4, 0.5) is 0 Å². The maximum Gasteiger partial charge on any atom is 0.226 e. The van der Waals surface area contributed by atoms with Crippen LogP contribution in [0.1, 0.15) is 36.7 Å². The molecule has 0 saturated carbocycles. The van der Waals surface area contributed by atoms with E-state index in [4.69, 9.17) is 4.98 Å². The second-order valence-corrected chi connectivity index (χ2v) is 9.79. The summed E-state index contributed by atoms with van der Waals surface area (Å²) in [6.45, 7) is 4.56. The van der Waals surface area contributed by atoms with Gasteiger partial charge in [0.25, 0.3) is 0 Å². The molecular weight excluding hydrogens is 350 g/mol. The number of amides is 1. The van der Waals surface area contributed by atoms with Crippen molar-refractivity contribution in [3.63, 3.8) is 0 Å². The molecule has 3 heterocycles. The van der Waals surface area contributed by atoms with Crippen molar-refractivity contribution in [2.75, 3.05) is 18.1 Å². The lowest BCUT2D eigenvalue weighted by Crippen LogP contribution is -2.45. The lowest BCUT2D eigenvalue weighted by atomic mass is 9.88. The fraction of sp³-hybridized carbons (Fsp3) is 0.579. The molecule has 2 aromatic rings. The number of rotatable bonds is 3. The molecule has 1 fully saturated rings. The summed E-state index contributed by atoms with van der Waals surface area (Å²) in [4.78, 5) is 19.7. The van der Waals surface area contributed by atoms with Crippen molar-refractivity contribution in [1.29, 1.82) is 0 Å². The molecular formula is C19H25N3O3S. The Labute approximate surface area is 154 Å². The lowest BCUT2D eigenvalue weighted by Gasteiger charge is -2.32. The molecule has 0 radical (unpaired) electrons. The summed E-state index contributed by atoms with van der Waals surface area (Å²) in [6, 6.07) is 3.91. The van der Waals surface area contributed by atoms with Gasteiger partial charge in [0, 0.05) is 36.8 Å². The molecule has 1 amide bonds. The largest absolute Gasteiger partial charge is 0.339 e. The van der Waals surface area contributed by atoms with E-state index in [2.05, 4.69) is 23.6 Å². The summed E-state index contributed by atoms with van der Waals surface area (Å²) in [7, 11) is -3.00. The molecule has 2 aliphatic rings. The van der Waals surface area contributed by atoms with E-state index in [0.717, 1.165) is 35.4 Å². The standard InChI is InChI=1S/C19H25N3O3S/c1-3-21(15-8-9-26(24,25)12-15)19(23)14-5-6-16-17(10-14)22-11-13(2)4-7-18(22)20-16/h4,7,11,14-15H,3,5-6,8-10,12H2,1-2H3. The Morgan fingerprint density at radius 3 is 2.85 bits per heavy atom. The third-order valence-electron chi connectivity index (χ3n) is 5.74. The van der Waals surface area contributed by atoms with E-state index in [9.17, 15) is 13.2 Å². The number of imidazole rings is 1. The molecule has 0 bridgehead atoms. The van der Waals surface area contributed by atoms with Gasteiger partial charge in [-0.1, -0.05) is 6.07 Å². The highest BCUT2D eigenvalue weighted by Gasteiger charge is 2.37. The predicted molar refractivity (Wildman–Crippen MR) is 99.9 cm³/mol. The van der Waals surface area contributed by atoms with E-state index in [1.54, 1.807) is 4.90 Å².